The molecule has 0 aromatic carbocycles. The van der Waals surface area contributed by atoms with Crippen molar-refractivity contribution in [2.75, 3.05) is 0 Å². The fourth-order valence-electron chi connectivity index (χ4n) is 2.21. The lowest BCUT2D eigenvalue weighted by Gasteiger charge is -2.04. The molecule has 7 heteroatoms. The van der Waals surface area contributed by atoms with Gasteiger partial charge in [0.1, 0.15) is 16.5 Å². The zero-order valence-corrected chi connectivity index (χ0v) is 11.8. The standard InChI is InChI=1S/C13H13ClN4O2/c1-6-5-9(16-7(2)15-6)18-12(14)10(13(19)20)11(17-18)8-3-4-8/h5,8H,3-4H2,1-2H3,(H,19,20). The summed E-state index contributed by atoms with van der Waals surface area (Å²) in [7, 11) is 0. The third-order valence-corrected chi connectivity index (χ3v) is 3.55. The number of nitrogens with zero attached hydrogens (tertiary/aromatic N) is 4. The molecule has 20 heavy (non-hydrogen) atoms. The lowest BCUT2D eigenvalue weighted by Crippen LogP contribution is -2.04. The molecule has 6 nitrogen and oxygen atoms in total. The van der Waals surface area contributed by atoms with Crippen LogP contribution in [0.15, 0.2) is 6.07 Å². The summed E-state index contributed by atoms with van der Waals surface area (Å²) in [6.07, 6.45) is 1.91. The number of carboxylic acids is 1. The van der Waals surface area contributed by atoms with Crippen molar-refractivity contribution in [1.82, 2.24) is 19.7 Å². The number of hydrogen-bond donors (Lipinski definition) is 1. The van der Waals surface area contributed by atoms with E-state index in [0.717, 1.165) is 18.5 Å². The third kappa shape index (κ3) is 2.16. The lowest BCUT2D eigenvalue weighted by atomic mass is 10.2. The van der Waals surface area contributed by atoms with Crippen molar-refractivity contribution >= 4 is 17.6 Å². The van der Waals surface area contributed by atoms with E-state index in [4.69, 9.17) is 11.6 Å². The quantitative estimate of drug-likeness (QED) is 0.940. The molecule has 1 saturated carbocycles. The van der Waals surface area contributed by atoms with Crippen LogP contribution in [-0.4, -0.2) is 30.8 Å². The van der Waals surface area contributed by atoms with Crippen molar-refractivity contribution in [1.29, 1.82) is 0 Å². The Hall–Kier alpha value is -1.95. The predicted molar refractivity (Wildman–Crippen MR) is 72.6 cm³/mol. The van der Waals surface area contributed by atoms with Crippen molar-refractivity contribution in [2.24, 2.45) is 0 Å². The maximum absolute atomic E-state index is 11.4. The zero-order valence-electron chi connectivity index (χ0n) is 11.1. The van der Waals surface area contributed by atoms with Gasteiger partial charge in [0, 0.05) is 17.7 Å². The van der Waals surface area contributed by atoms with E-state index in [9.17, 15) is 9.90 Å². The van der Waals surface area contributed by atoms with Crippen LogP contribution in [-0.2, 0) is 0 Å². The van der Waals surface area contributed by atoms with E-state index >= 15 is 0 Å². The molecule has 0 spiro atoms. The summed E-state index contributed by atoms with van der Waals surface area (Å²) >= 11 is 6.19. The van der Waals surface area contributed by atoms with Gasteiger partial charge in [-0.1, -0.05) is 11.6 Å². The Morgan fingerprint density at radius 1 is 1.40 bits per heavy atom. The molecule has 3 rings (SSSR count). The van der Waals surface area contributed by atoms with Gasteiger partial charge in [0.25, 0.3) is 0 Å². The van der Waals surface area contributed by atoms with Crippen LogP contribution in [0.4, 0.5) is 0 Å². The first-order valence-electron chi connectivity index (χ1n) is 6.31. The summed E-state index contributed by atoms with van der Waals surface area (Å²) in [5.41, 5.74) is 1.42. The highest BCUT2D eigenvalue weighted by Crippen LogP contribution is 2.42. The van der Waals surface area contributed by atoms with E-state index in [1.807, 2.05) is 6.92 Å². The van der Waals surface area contributed by atoms with Crippen LogP contribution in [0.3, 0.4) is 0 Å². The number of halogens is 1. The molecular formula is C13H13ClN4O2. The smallest absolute Gasteiger partial charge is 0.340 e. The Morgan fingerprint density at radius 3 is 2.65 bits per heavy atom. The number of hydrogen-bond acceptors (Lipinski definition) is 4. The molecule has 0 atom stereocenters. The van der Waals surface area contributed by atoms with Crippen LogP contribution in [0.2, 0.25) is 5.15 Å². The number of rotatable bonds is 3. The summed E-state index contributed by atoms with van der Waals surface area (Å²) in [5.74, 6) is 0.236. The van der Waals surface area contributed by atoms with E-state index in [-0.39, 0.29) is 16.6 Å². The topological polar surface area (TPSA) is 80.9 Å². The summed E-state index contributed by atoms with van der Waals surface area (Å²) in [6, 6.07) is 1.73. The van der Waals surface area contributed by atoms with Crippen LogP contribution in [0.25, 0.3) is 5.82 Å². The minimum Gasteiger partial charge on any atom is -0.478 e. The molecule has 1 fully saturated rings. The first-order chi connectivity index (χ1) is 9.47. The average Bonchev–Trinajstić information content (AvgIpc) is 3.11. The van der Waals surface area contributed by atoms with E-state index < -0.39 is 5.97 Å². The molecule has 0 radical (unpaired) electrons. The SMILES string of the molecule is Cc1cc(-n2nc(C3CC3)c(C(=O)O)c2Cl)nc(C)n1. The second-order valence-corrected chi connectivity index (χ2v) is 5.32. The van der Waals surface area contributed by atoms with Crippen LogP contribution >= 0.6 is 11.6 Å². The Labute approximate surface area is 120 Å². The first-order valence-corrected chi connectivity index (χ1v) is 6.69. The van der Waals surface area contributed by atoms with Gasteiger partial charge < -0.3 is 5.11 Å². The first kappa shape index (κ1) is 13.1. The molecule has 0 saturated heterocycles. The number of aromatic nitrogens is 4. The normalized spacial score (nSPS) is 14.6. The summed E-state index contributed by atoms with van der Waals surface area (Å²) in [6.45, 7) is 3.61. The zero-order chi connectivity index (χ0) is 14.4. The largest absolute Gasteiger partial charge is 0.478 e. The van der Waals surface area contributed by atoms with Crippen LogP contribution in [0, 0.1) is 13.8 Å². The Balaban J connectivity index is 2.18. The summed E-state index contributed by atoms with van der Waals surface area (Å²) in [5, 5.41) is 13.8. The number of aryl methyl sites for hydroxylation is 2. The number of carbonyl (C=O) groups is 1. The highest BCUT2D eigenvalue weighted by atomic mass is 35.5. The molecule has 0 amide bonds. The van der Waals surface area contributed by atoms with Gasteiger partial charge in [-0.2, -0.15) is 5.10 Å². The third-order valence-electron chi connectivity index (χ3n) is 3.20. The van der Waals surface area contributed by atoms with E-state index in [0.29, 0.717) is 17.3 Å². The highest BCUT2D eigenvalue weighted by Gasteiger charge is 2.34. The molecule has 0 unspecified atom stereocenters. The molecule has 2 heterocycles. The molecule has 1 aliphatic rings. The summed E-state index contributed by atoms with van der Waals surface area (Å²) in [4.78, 5) is 19.8. The fraction of sp³-hybridized carbons (Fsp3) is 0.385. The van der Waals surface area contributed by atoms with Crippen LogP contribution in [0.1, 0.15) is 46.3 Å². The molecule has 2 aromatic rings. The molecule has 104 valence electrons. The lowest BCUT2D eigenvalue weighted by molar-refractivity contribution is 0.0696. The monoisotopic (exact) mass is 292 g/mol. The van der Waals surface area contributed by atoms with Crippen molar-refractivity contribution in [3.05, 3.63) is 34.0 Å². The van der Waals surface area contributed by atoms with Crippen molar-refractivity contribution in [2.45, 2.75) is 32.6 Å². The van der Waals surface area contributed by atoms with Gasteiger partial charge in [0.15, 0.2) is 5.82 Å². The Kier molecular flexibility index (Phi) is 2.97. The molecule has 1 N–H and O–H groups in total. The highest BCUT2D eigenvalue weighted by molar-refractivity contribution is 6.33. The second kappa shape index (κ2) is 4.56. The van der Waals surface area contributed by atoms with E-state index in [1.54, 1.807) is 13.0 Å². The number of aromatic carboxylic acids is 1. The van der Waals surface area contributed by atoms with Crippen LogP contribution in [0.5, 0.6) is 0 Å². The molecule has 2 aromatic heterocycles. The fourth-order valence-corrected chi connectivity index (χ4v) is 2.51. The Morgan fingerprint density at radius 2 is 2.10 bits per heavy atom. The molecular weight excluding hydrogens is 280 g/mol. The maximum Gasteiger partial charge on any atom is 0.340 e. The van der Waals surface area contributed by atoms with Gasteiger partial charge in [0.2, 0.25) is 0 Å². The van der Waals surface area contributed by atoms with Gasteiger partial charge in [-0.15, -0.1) is 0 Å². The molecule has 1 aliphatic carbocycles. The van der Waals surface area contributed by atoms with Crippen LogP contribution < -0.4 is 0 Å². The molecule has 0 aliphatic heterocycles. The average molecular weight is 293 g/mol. The summed E-state index contributed by atoms with van der Waals surface area (Å²) < 4.78 is 1.39. The van der Waals surface area contributed by atoms with Gasteiger partial charge in [-0.3, -0.25) is 0 Å². The van der Waals surface area contributed by atoms with Crippen molar-refractivity contribution in [3.8, 4) is 5.82 Å². The van der Waals surface area contributed by atoms with Gasteiger partial charge in [0.05, 0.1) is 5.69 Å². The number of carboxylic acid groups (broad SMARTS) is 1. The Bertz CT molecular complexity index is 686. The van der Waals surface area contributed by atoms with Crippen molar-refractivity contribution < 1.29 is 9.90 Å². The second-order valence-electron chi connectivity index (χ2n) is 4.96. The van der Waals surface area contributed by atoms with Crippen molar-refractivity contribution in [3.63, 3.8) is 0 Å². The van der Waals surface area contributed by atoms with E-state index in [1.165, 1.54) is 4.68 Å². The minimum atomic E-state index is -1.05. The minimum absolute atomic E-state index is 0.0862. The maximum atomic E-state index is 11.4. The molecule has 0 bridgehead atoms. The van der Waals surface area contributed by atoms with Gasteiger partial charge >= 0.3 is 5.97 Å². The van der Waals surface area contributed by atoms with E-state index in [2.05, 4.69) is 15.1 Å². The predicted octanol–water partition coefficient (Wildman–Crippen LogP) is 2.51. The van der Waals surface area contributed by atoms with Gasteiger partial charge in [-0.05, 0) is 26.7 Å². The van der Waals surface area contributed by atoms with Gasteiger partial charge in [-0.25, -0.2) is 19.4 Å².